The molecule has 1 aliphatic rings. The monoisotopic (exact) mass is 302 g/mol. The van der Waals surface area contributed by atoms with E-state index < -0.39 is 6.04 Å². The van der Waals surface area contributed by atoms with Crippen LogP contribution in [0.3, 0.4) is 0 Å². The number of rotatable bonds is 6. The van der Waals surface area contributed by atoms with E-state index in [-0.39, 0.29) is 18.3 Å². The van der Waals surface area contributed by atoms with Crippen LogP contribution in [0.4, 0.5) is 0 Å². The highest BCUT2D eigenvalue weighted by Crippen LogP contribution is 2.11. The fourth-order valence-electron chi connectivity index (χ4n) is 2.47. The van der Waals surface area contributed by atoms with Gasteiger partial charge in [0, 0.05) is 19.6 Å². The van der Waals surface area contributed by atoms with Gasteiger partial charge in [-0.2, -0.15) is 0 Å². The summed E-state index contributed by atoms with van der Waals surface area (Å²) in [4.78, 5) is 25.7. The molecule has 1 N–H and O–H groups in total. The number of carbonyl (C=O) groups is 2. The fourth-order valence-corrected chi connectivity index (χ4v) is 2.47. The Kier molecular flexibility index (Phi) is 6.15. The smallest absolute Gasteiger partial charge is 0.307 e. The average Bonchev–Trinajstić information content (AvgIpc) is 2.52. The van der Waals surface area contributed by atoms with Gasteiger partial charge in [0.25, 0.3) is 0 Å². The minimum Gasteiger partial charge on any atom is -0.466 e. The van der Waals surface area contributed by atoms with Gasteiger partial charge in [-0.25, -0.2) is 0 Å². The Labute approximate surface area is 130 Å². The highest BCUT2D eigenvalue weighted by atomic mass is 16.5. The summed E-state index contributed by atoms with van der Waals surface area (Å²) in [5, 5.41) is 2.81. The van der Waals surface area contributed by atoms with Crippen molar-refractivity contribution in [2.75, 3.05) is 26.2 Å². The number of hydrogen-bond donors (Lipinski definition) is 1. The number of hydrogen-bond acceptors (Lipinski definition) is 4. The lowest BCUT2D eigenvalue weighted by Gasteiger charge is -2.33. The second kappa shape index (κ2) is 8.34. The van der Waals surface area contributed by atoms with Gasteiger partial charge in [0.15, 0.2) is 0 Å². The predicted molar refractivity (Wildman–Crippen MR) is 85.1 cm³/mol. The van der Waals surface area contributed by atoms with Crippen molar-refractivity contribution >= 4 is 18.0 Å². The molecular weight excluding hydrogens is 280 g/mol. The highest BCUT2D eigenvalue weighted by Gasteiger charge is 2.31. The maximum absolute atomic E-state index is 12.0. The van der Waals surface area contributed by atoms with Gasteiger partial charge in [-0.15, -0.1) is 0 Å². The van der Waals surface area contributed by atoms with Crippen molar-refractivity contribution in [1.82, 2.24) is 10.2 Å². The molecule has 118 valence electrons. The summed E-state index contributed by atoms with van der Waals surface area (Å²) in [7, 11) is 0. The summed E-state index contributed by atoms with van der Waals surface area (Å²) in [6.45, 7) is 4.07. The van der Waals surface area contributed by atoms with E-state index in [1.807, 2.05) is 47.4 Å². The number of nitrogens with zero attached hydrogens (tertiary/aromatic N) is 1. The molecule has 0 spiro atoms. The Morgan fingerprint density at radius 3 is 2.91 bits per heavy atom. The van der Waals surface area contributed by atoms with Crippen LogP contribution in [-0.2, 0) is 14.3 Å². The number of piperazine rings is 1. The molecular formula is C17H22N2O3. The van der Waals surface area contributed by atoms with Crippen molar-refractivity contribution in [3.05, 3.63) is 42.0 Å². The van der Waals surface area contributed by atoms with Crippen LogP contribution in [0.1, 0.15) is 18.9 Å². The van der Waals surface area contributed by atoms with Gasteiger partial charge < -0.3 is 10.1 Å². The third kappa shape index (κ3) is 4.70. The molecule has 0 aliphatic carbocycles. The third-order valence-corrected chi connectivity index (χ3v) is 3.56. The van der Waals surface area contributed by atoms with E-state index in [0.717, 1.165) is 12.1 Å². The molecule has 0 saturated carbocycles. The molecule has 0 aromatic heterocycles. The first-order chi connectivity index (χ1) is 10.7. The third-order valence-electron chi connectivity index (χ3n) is 3.56. The molecule has 0 unspecified atom stereocenters. The van der Waals surface area contributed by atoms with Gasteiger partial charge >= 0.3 is 5.97 Å². The van der Waals surface area contributed by atoms with E-state index in [9.17, 15) is 9.59 Å². The molecule has 1 aliphatic heterocycles. The molecule has 2 rings (SSSR count). The van der Waals surface area contributed by atoms with Crippen molar-refractivity contribution in [1.29, 1.82) is 0 Å². The molecule has 5 heteroatoms. The molecule has 0 bridgehead atoms. The molecule has 1 saturated heterocycles. The predicted octanol–water partition coefficient (Wildman–Crippen LogP) is 1.45. The minimum atomic E-state index is -0.451. The summed E-state index contributed by atoms with van der Waals surface area (Å²) < 4.78 is 4.95. The van der Waals surface area contributed by atoms with E-state index in [4.69, 9.17) is 4.74 Å². The fraction of sp³-hybridized carbons (Fsp3) is 0.412. The maximum atomic E-state index is 12.0. The molecule has 1 amide bonds. The van der Waals surface area contributed by atoms with Crippen molar-refractivity contribution in [3.63, 3.8) is 0 Å². The first-order valence-electron chi connectivity index (χ1n) is 7.59. The van der Waals surface area contributed by atoms with Crippen molar-refractivity contribution < 1.29 is 14.3 Å². The Bertz CT molecular complexity index is 528. The van der Waals surface area contributed by atoms with E-state index >= 15 is 0 Å². The van der Waals surface area contributed by atoms with Gasteiger partial charge in [-0.3, -0.25) is 14.5 Å². The summed E-state index contributed by atoms with van der Waals surface area (Å²) >= 11 is 0. The zero-order valence-electron chi connectivity index (χ0n) is 12.8. The first-order valence-corrected chi connectivity index (χ1v) is 7.59. The Morgan fingerprint density at radius 1 is 1.41 bits per heavy atom. The molecule has 1 fully saturated rings. The van der Waals surface area contributed by atoms with E-state index in [0.29, 0.717) is 19.7 Å². The topological polar surface area (TPSA) is 58.6 Å². The molecule has 1 aromatic rings. The Balaban J connectivity index is 1.95. The van der Waals surface area contributed by atoms with Crippen LogP contribution in [-0.4, -0.2) is 49.1 Å². The zero-order chi connectivity index (χ0) is 15.8. The van der Waals surface area contributed by atoms with Crippen LogP contribution in [0.2, 0.25) is 0 Å². The lowest BCUT2D eigenvalue weighted by atomic mass is 10.1. The number of nitrogens with one attached hydrogen (secondary N) is 1. The molecule has 1 heterocycles. The Morgan fingerprint density at radius 2 is 2.18 bits per heavy atom. The average molecular weight is 302 g/mol. The Hall–Kier alpha value is -2.14. The normalized spacial score (nSPS) is 19.1. The van der Waals surface area contributed by atoms with E-state index in [2.05, 4.69) is 5.32 Å². The van der Waals surface area contributed by atoms with Gasteiger partial charge in [-0.05, 0) is 12.5 Å². The largest absolute Gasteiger partial charge is 0.466 e. The molecule has 0 radical (unpaired) electrons. The summed E-state index contributed by atoms with van der Waals surface area (Å²) in [5.41, 5.74) is 1.12. The summed E-state index contributed by atoms with van der Waals surface area (Å²) in [5.74, 6) is -0.436. The van der Waals surface area contributed by atoms with Gasteiger partial charge in [0.05, 0.1) is 19.1 Å². The number of amides is 1. The second-order valence-corrected chi connectivity index (χ2v) is 5.12. The number of esters is 1. The van der Waals surface area contributed by atoms with Gasteiger partial charge in [-0.1, -0.05) is 42.5 Å². The second-order valence-electron chi connectivity index (χ2n) is 5.12. The van der Waals surface area contributed by atoms with Crippen molar-refractivity contribution in [3.8, 4) is 0 Å². The number of ether oxygens (including phenoxy) is 1. The van der Waals surface area contributed by atoms with Crippen LogP contribution < -0.4 is 5.32 Å². The van der Waals surface area contributed by atoms with Crippen LogP contribution in [0, 0.1) is 0 Å². The molecule has 22 heavy (non-hydrogen) atoms. The van der Waals surface area contributed by atoms with Crippen LogP contribution in [0.15, 0.2) is 36.4 Å². The lowest BCUT2D eigenvalue weighted by Crippen LogP contribution is -2.55. The molecule has 1 aromatic carbocycles. The minimum absolute atomic E-state index is 0.0961. The number of carbonyl (C=O) groups excluding carboxylic acids is 2. The quantitative estimate of drug-likeness (QED) is 0.808. The first kappa shape index (κ1) is 16.2. The summed E-state index contributed by atoms with van der Waals surface area (Å²) in [6.07, 6.45) is 4.14. The van der Waals surface area contributed by atoms with Crippen LogP contribution in [0.5, 0.6) is 0 Å². The molecule has 1 atom stereocenters. The van der Waals surface area contributed by atoms with Gasteiger partial charge in [0.1, 0.15) is 0 Å². The van der Waals surface area contributed by atoms with Crippen LogP contribution in [0.25, 0.3) is 6.08 Å². The SMILES string of the molecule is CCOC(=O)C[C@@H]1C(=O)NCCN1C/C=C/c1ccccc1. The lowest BCUT2D eigenvalue weighted by molar-refractivity contribution is -0.147. The van der Waals surface area contributed by atoms with Gasteiger partial charge in [0.2, 0.25) is 5.91 Å². The van der Waals surface area contributed by atoms with Crippen molar-refractivity contribution in [2.24, 2.45) is 0 Å². The highest BCUT2D eigenvalue weighted by molar-refractivity contribution is 5.87. The molecule has 5 nitrogen and oxygen atoms in total. The standard InChI is InChI=1S/C17H22N2O3/c1-2-22-16(20)13-15-17(21)18-10-12-19(15)11-6-9-14-7-4-3-5-8-14/h3-9,15H,2,10-13H2,1H3,(H,18,21)/b9-6+/t15-/m1/s1. The van der Waals surface area contributed by atoms with Crippen LogP contribution >= 0.6 is 0 Å². The van der Waals surface area contributed by atoms with E-state index in [1.54, 1.807) is 6.92 Å². The zero-order valence-corrected chi connectivity index (χ0v) is 12.8. The maximum Gasteiger partial charge on any atom is 0.307 e. The van der Waals surface area contributed by atoms with E-state index in [1.165, 1.54) is 0 Å². The number of benzene rings is 1. The van der Waals surface area contributed by atoms with Crippen molar-refractivity contribution in [2.45, 2.75) is 19.4 Å². The summed E-state index contributed by atoms with van der Waals surface area (Å²) in [6, 6.07) is 9.54.